The molecule has 0 atom stereocenters. The largest absolute Gasteiger partial charge is 0.492 e. The number of para-hydroxylation sites is 1. The molecule has 1 saturated carbocycles. The molecule has 26 heavy (non-hydrogen) atoms. The highest BCUT2D eigenvalue weighted by Crippen LogP contribution is 2.28. The van der Waals surface area contributed by atoms with Crippen molar-refractivity contribution in [2.45, 2.75) is 32.4 Å². The molecule has 1 fully saturated rings. The molecular formula is C19H25ClN4O2. The monoisotopic (exact) mass is 376 g/mol. The van der Waals surface area contributed by atoms with Crippen LogP contribution in [0, 0.1) is 5.92 Å². The maximum atomic E-state index is 12.5. The molecule has 4 rings (SSSR count). The molecule has 1 aliphatic heterocycles. The Morgan fingerprint density at radius 3 is 2.88 bits per heavy atom. The summed E-state index contributed by atoms with van der Waals surface area (Å²) in [5.74, 6) is 1.47. The first-order chi connectivity index (χ1) is 12.3. The first-order valence-electron chi connectivity index (χ1n) is 9.06. The number of rotatable bonds is 7. The van der Waals surface area contributed by atoms with Crippen LogP contribution >= 0.6 is 12.4 Å². The number of carbonyl (C=O) groups excluding carboxylic acids is 1. The molecule has 2 aromatic rings. The fourth-order valence-corrected chi connectivity index (χ4v) is 3.20. The van der Waals surface area contributed by atoms with Gasteiger partial charge in [0.2, 0.25) is 0 Å². The number of nitrogens with zero attached hydrogens (tertiary/aromatic N) is 2. The van der Waals surface area contributed by atoms with Crippen LogP contribution in [0.5, 0.6) is 5.75 Å². The molecule has 7 heteroatoms. The summed E-state index contributed by atoms with van der Waals surface area (Å²) in [5, 5.41) is 11.0. The van der Waals surface area contributed by atoms with E-state index in [1.807, 2.05) is 35.0 Å². The number of benzene rings is 1. The maximum absolute atomic E-state index is 12.5. The van der Waals surface area contributed by atoms with Crippen LogP contribution in [0.4, 0.5) is 0 Å². The lowest BCUT2D eigenvalue weighted by Gasteiger charge is -2.15. The Bertz CT molecular complexity index is 743. The number of carbonyl (C=O) groups is 1. The van der Waals surface area contributed by atoms with Gasteiger partial charge in [-0.2, -0.15) is 5.10 Å². The smallest absolute Gasteiger partial charge is 0.272 e. The summed E-state index contributed by atoms with van der Waals surface area (Å²) < 4.78 is 7.73. The number of ether oxygens (including phenoxy) is 1. The topological polar surface area (TPSA) is 68.2 Å². The van der Waals surface area contributed by atoms with E-state index in [-0.39, 0.29) is 18.3 Å². The predicted octanol–water partition coefficient (Wildman–Crippen LogP) is 2.17. The van der Waals surface area contributed by atoms with Crippen molar-refractivity contribution in [1.29, 1.82) is 0 Å². The SMILES string of the molecule is Cl.O=C(NCC1CC1)c1nn(CCOc2ccccc2)c2c1CNCC2. The van der Waals surface area contributed by atoms with Gasteiger partial charge in [-0.1, -0.05) is 18.2 Å². The Labute approximate surface area is 159 Å². The van der Waals surface area contributed by atoms with Gasteiger partial charge in [0.15, 0.2) is 5.69 Å². The van der Waals surface area contributed by atoms with Gasteiger partial charge in [-0.05, 0) is 30.9 Å². The fourth-order valence-electron chi connectivity index (χ4n) is 3.20. The lowest BCUT2D eigenvalue weighted by Crippen LogP contribution is -2.29. The minimum atomic E-state index is -0.0467. The van der Waals surface area contributed by atoms with Crippen LogP contribution in [0.3, 0.4) is 0 Å². The zero-order valence-electron chi connectivity index (χ0n) is 14.7. The van der Waals surface area contributed by atoms with Crippen molar-refractivity contribution >= 4 is 18.3 Å². The van der Waals surface area contributed by atoms with Crippen molar-refractivity contribution in [1.82, 2.24) is 20.4 Å². The lowest BCUT2D eigenvalue weighted by atomic mass is 10.1. The molecule has 0 spiro atoms. The van der Waals surface area contributed by atoms with E-state index in [1.54, 1.807) is 0 Å². The molecule has 0 unspecified atom stereocenters. The molecule has 2 heterocycles. The number of halogens is 1. The van der Waals surface area contributed by atoms with E-state index in [9.17, 15) is 4.79 Å². The fraction of sp³-hybridized carbons (Fsp3) is 0.474. The summed E-state index contributed by atoms with van der Waals surface area (Å²) in [7, 11) is 0. The molecule has 2 N–H and O–H groups in total. The van der Waals surface area contributed by atoms with Gasteiger partial charge in [-0.3, -0.25) is 9.48 Å². The van der Waals surface area contributed by atoms with Crippen molar-refractivity contribution < 1.29 is 9.53 Å². The first-order valence-corrected chi connectivity index (χ1v) is 9.06. The van der Waals surface area contributed by atoms with E-state index >= 15 is 0 Å². The average molecular weight is 377 g/mol. The van der Waals surface area contributed by atoms with E-state index in [1.165, 1.54) is 12.8 Å². The standard InChI is InChI=1S/C19H24N4O2.ClH/c24-19(21-12-14-6-7-14)18-16-13-20-9-8-17(16)23(22-18)10-11-25-15-4-2-1-3-5-15;/h1-5,14,20H,6-13H2,(H,21,24);1H. The highest BCUT2D eigenvalue weighted by molar-refractivity contribution is 5.94. The summed E-state index contributed by atoms with van der Waals surface area (Å²) in [6.45, 7) is 3.58. The van der Waals surface area contributed by atoms with Crippen LogP contribution in [-0.4, -0.2) is 35.4 Å². The van der Waals surface area contributed by atoms with Crippen molar-refractivity contribution in [3.05, 3.63) is 47.3 Å². The molecule has 140 valence electrons. The van der Waals surface area contributed by atoms with Crippen LogP contribution in [0.2, 0.25) is 0 Å². The third-order valence-electron chi connectivity index (χ3n) is 4.79. The normalized spacial score (nSPS) is 15.7. The highest BCUT2D eigenvalue weighted by Gasteiger charge is 2.27. The summed E-state index contributed by atoms with van der Waals surface area (Å²) in [4.78, 5) is 12.5. The van der Waals surface area contributed by atoms with E-state index in [2.05, 4.69) is 15.7 Å². The molecule has 6 nitrogen and oxygen atoms in total. The summed E-state index contributed by atoms with van der Waals surface area (Å²) >= 11 is 0. The van der Waals surface area contributed by atoms with Crippen LogP contribution in [0.15, 0.2) is 30.3 Å². The molecule has 0 bridgehead atoms. The second-order valence-electron chi connectivity index (χ2n) is 6.74. The van der Waals surface area contributed by atoms with Gasteiger partial charge in [0.1, 0.15) is 12.4 Å². The Morgan fingerprint density at radius 2 is 2.12 bits per heavy atom. The molecule has 1 aromatic carbocycles. The van der Waals surface area contributed by atoms with E-state index in [0.717, 1.165) is 36.5 Å². The number of nitrogens with one attached hydrogen (secondary N) is 2. The quantitative estimate of drug-likeness (QED) is 0.777. The van der Waals surface area contributed by atoms with Gasteiger partial charge in [-0.25, -0.2) is 0 Å². The number of aromatic nitrogens is 2. The molecule has 0 radical (unpaired) electrons. The van der Waals surface area contributed by atoms with Gasteiger partial charge in [0.25, 0.3) is 5.91 Å². The zero-order valence-corrected chi connectivity index (χ0v) is 15.6. The zero-order chi connectivity index (χ0) is 17.1. The van der Waals surface area contributed by atoms with Crippen LogP contribution in [0.25, 0.3) is 0 Å². The summed E-state index contributed by atoms with van der Waals surface area (Å²) in [6, 6.07) is 9.77. The summed E-state index contributed by atoms with van der Waals surface area (Å²) in [5.41, 5.74) is 2.77. The number of fused-ring (bicyclic) bond motifs is 1. The third-order valence-corrected chi connectivity index (χ3v) is 4.79. The third kappa shape index (κ3) is 4.37. The van der Waals surface area contributed by atoms with Gasteiger partial charge in [0.05, 0.1) is 6.54 Å². The summed E-state index contributed by atoms with van der Waals surface area (Å²) in [6.07, 6.45) is 3.35. The molecule has 1 amide bonds. The van der Waals surface area contributed by atoms with E-state index < -0.39 is 0 Å². The van der Waals surface area contributed by atoms with Gasteiger partial charge in [0, 0.05) is 37.3 Å². The predicted molar refractivity (Wildman–Crippen MR) is 102 cm³/mol. The van der Waals surface area contributed by atoms with Crippen molar-refractivity contribution in [2.24, 2.45) is 5.92 Å². The first kappa shape index (κ1) is 18.7. The maximum Gasteiger partial charge on any atom is 0.272 e. The molecule has 2 aliphatic rings. The molecule has 1 aromatic heterocycles. The Hall–Kier alpha value is -2.05. The molecule has 0 saturated heterocycles. The Balaban J connectivity index is 0.00000196. The van der Waals surface area contributed by atoms with Crippen LogP contribution in [-0.2, 0) is 19.5 Å². The van der Waals surface area contributed by atoms with Crippen molar-refractivity contribution in [3.8, 4) is 5.75 Å². The Morgan fingerprint density at radius 1 is 1.31 bits per heavy atom. The second-order valence-corrected chi connectivity index (χ2v) is 6.74. The minimum Gasteiger partial charge on any atom is -0.492 e. The van der Waals surface area contributed by atoms with Crippen LogP contribution in [0.1, 0.15) is 34.6 Å². The molecule has 1 aliphatic carbocycles. The van der Waals surface area contributed by atoms with Crippen molar-refractivity contribution in [3.63, 3.8) is 0 Å². The van der Waals surface area contributed by atoms with Crippen LogP contribution < -0.4 is 15.4 Å². The average Bonchev–Trinajstić information content (AvgIpc) is 3.41. The second kappa shape index (κ2) is 8.56. The minimum absolute atomic E-state index is 0. The van der Waals surface area contributed by atoms with Gasteiger partial charge < -0.3 is 15.4 Å². The van der Waals surface area contributed by atoms with Gasteiger partial charge in [-0.15, -0.1) is 12.4 Å². The van der Waals surface area contributed by atoms with E-state index in [4.69, 9.17) is 4.74 Å². The highest BCUT2D eigenvalue weighted by atomic mass is 35.5. The number of amides is 1. The number of hydrogen-bond donors (Lipinski definition) is 2. The van der Waals surface area contributed by atoms with Gasteiger partial charge >= 0.3 is 0 Å². The molecular weight excluding hydrogens is 352 g/mol. The van der Waals surface area contributed by atoms with Crippen molar-refractivity contribution in [2.75, 3.05) is 19.7 Å². The number of hydrogen-bond acceptors (Lipinski definition) is 4. The van der Waals surface area contributed by atoms with E-state index in [0.29, 0.717) is 31.3 Å². The lowest BCUT2D eigenvalue weighted by molar-refractivity contribution is 0.0944. The Kier molecular flexibility index (Phi) is 6.16.